The lowest BCUT2D eigenvalue weighted by atomic mass is 10.3. The molecule has 0 fully saturated rings. The third-order valence-electron chi connectivity index (χ3n) is 4.13. The average Bonchev–Trinajstić information content (AvgIpc) is 3.10. The zero-order valence-corrected chi connectivity index (χ0v) is 16.9. The van der Waals surface area contributed by atoms with Gasteiger partial charge in [-0.15, -0.1) is 13.2 Å². The van der Waals surface area contributed by atoms with Gasteiger partial charge in [-0.1, -0.05) is 12.1 Å². The van der Waals surface area contributed by atoms with Crippen LogP contribution in [-0.4, -0.2) is 43.7 Å². The largest absolute Gasteiger partial charge is 0.573 e. The van der Waals surface area contributed by atoms with Crippen LogP contribution in [0, 0.1) is 0 Å². The monoisotopic (exact) mass is 456 g/mol. The molecule has 0 saturated carbocycles. The van der Waals surface area contributed by atoms with Crippen molar-refractivity contribution in [1.82, 2.24) is 20.0 Å². The number of alkyl halides is 3. The van der Waals surface area contributed by atoms with Crippen LogP contribution in [0.4, 0.5) is 13.2 Å². The Hall–Kier alpha value is -3.12. The van der Waals surface area contributed by atoms with E-state index in [0.717, 1.165) is 41.1 Å². The summed E-state index contributed by atoms with van der Waals surface area (Å²) in [6.45, 7) is 0.158. The number of sulfonamides is 1. The van der Waals surface area contributed by atoms with Crippen molar-refractivity contribution in [3.63, 3.8) is 0 Å². The SMILES string of the molecule is O=C(CCNS(=O)(=O)c1ccc(OC(F)(F)F)cc1)NCCc1nc2ccccc2[nH]1. The van der Waals surface area contributed by atoms with Crippen molar-refractivity contribution in [3.05, 3.63) is 54.4 Å². The van der Waals surface area contributed by atoms with Crippen molar-refractivity contribution in [2.75, 3.05) is 13.1 Å². The highest BCUT2D eigenvalue weighted by atomic mass is 32.2. The number of rotatable bonds is 9. The lowest BCUT2D eigenvalue weighted by molar-refractivity contribution is -0.274. The first-order valence-corrected chi connectivity index (χ1v) is 10.7. The number of nitrogens with one attached hydrogen (secondary N) is 3. The molecule has 0 atom stereocenters. The summed E-state index contributed by atoms with van der Waals surface area (Å²) in [5.74, 6) is -0.164. The van der Waals surface area contributed by atoms with Crippen LogP contribution in [0.5, 0.6) is 5.75 Å². The third kappa shape index (κ3) is 6.69. The van der Waals surface area contributed by atoms with E-state index < -0.39 is 22.1 Å². The van der Waals surface area contributed by atoms with Gasteiger partial charge in [0.15, 0.2) is 0 Å². The number of para-hydroxylation sites is 2. The number of carbonyl (C=O) groups is 1. The quantitative estimate of drug-likeness (QED) is 0.458. The number of hydrogen-bond donors (Lipinski definition) is 3. The van der Waals surface area contributed by atoms with Gasteiger partial charge in [0.05, 0.1) is 15.9 Å². The fourth-order valence-corrected chi connectivity index (χ4v) is 3.77. The minimum atomic E-state index is -4.86. The minimum absolute atomic E-state index is 0.103. The second-order valence-electron chi connectivity index (χ2n) is 6.47. The van der Waals surface area contributed by atoms with Crippen LogP contribution in [0.25, 0.3) is 11.0 Å². The van der Waals surface area contributed by atoms with Gasteiger partial charge < -0.3 is 15.0 Å². The van der Waals surface area contributed by atoms with E-state index in [0.29, 0.717) is 13.0 Å². The van der Waals surface area contributed by atoms with Crippen LogP contribution >= 0.6 is 0 Å². The Morgan fingerprint density at radius 2 is 1.77 bits per heavy atom. The maximum absolute atomic E-state index is 12.2. The summed E-state index contributed by atoms with van der Waals surface area (Å²) in [7, 11) is -3.98. The number of ether oxygens (including phenoxy) is 1. The van der Waals surface area contributed by atoms with Crippen molar-refractivity contribution in [3.8, 4) is 5.75 Å². The molecule has 0 saturated heterocycles. The first kappa shape index (κ1) is 22.6. The second-order valence-corrected chi connectivity index (χ2v) is 8.23. The molecular formula is C19H19F3N4O4S. The topological polar surface area (TPSA) is 113 Å². The molecule has 1 amide bonds. The van der Waals surface area contributed by atoms with Gasteiger partial charge in [0.25, 0.3) is 0 Å². The first-order valence-electron chi connectivity index (χ1n) is 9.18. The van der Waals surface area contributed by atoms with Gasteiger partial charge in [0.2, 0.25) is 15.9 Å². The lowest BCUT2D eigenvalue weighted by Crippen LogP contribution is -2.31. The van der Waals surface area contributed by atoms with Crippen LogP contribution in [0.3, 0.4) is 0 Å². The van der Waals surface area contributed by atoms with E-state index in [2.05, 4.69) is 24.7 Å². The number of amides is 1. The summed E-state index contributed by atoms with van der Waals surface area (Å²) in [5, 5.41) is 2.67. The van der Waals surface area contributed by atoms with Gasteiger partial charge in [-0.25, -0.2) is 18.1 Å². The van der Waals surface area contributed by atoms with Crippen LogP contribution < -0.4 is 14.8 Å². The van der Waals surface area contributed by atoms with Crippen molar-refractivity contribution >= 4 is 27.0 Å². The van der Waals surface area contributed by atoms with Crippen LogP contribution in [0.1, 0.15) is 12.2 Å². The third-order valence-corrected chi connectivity index (χ3v) is 5.61. The molecule has 3 aromatic rings. The number of aromatic amines is 1. The number of fused-ring (bicyclic) bond motifs is 1. The van der Waals surface area contributed by atoms with Gasteiger partial charge in [-0.05, 0) is 36.4 Å². The van der Waals surface area contributed by atoms with Crippen LogP contribution in [0.2, 0.25) is 0 Å². The van der Waals surface area contributed by atoms with E-state index in [-0.39, 0.29) is 23.8 Å². The number of halogens is 3. The van der Waals surface area contributed by atoms with Crippen molar-refractivity contribution in [1.29, 1.82) is 0 Å². The van der Waals surface area contributed by atoms with E-state index in [1.54, 1.807) is 0 Å². The fourth-order valence-electron chi connectivity index (χ4n) is 2.74. The number of nitrogens with zero attached hydrogens (tertiary/aromatic N) is 1. The highest BCUT2D eigenvalue weighted by Crippen LogP contribution is 2.23. The smallest absolute Gasteiger partial charge is 0.406 e. The maximum atomic E-state index is 12.2. The fraction of sp³-hybridized carbons (Fsp3) is 0.263. The molecule has 0 aliphatic carbocycles. The van der Waals surface area contributed by atoms with Gasteiger partial charge in [-0.2, -0.15) is 0 Å². The Bertz CT molecular complexity index is 1110. The Morgan fingerprint density at radius 1 is 1.06 bits per heavy atom. The Labute approximate surface area is 175 Å². The van der Waals surface area contributed by atoms with E-state index >= 15 is 0 Å². The van der Waals surface area contributed by atoms with Gasteiger partial charge in [0.1, 0.15) is 11.6 Å². The molecule has 3 N–H and O–H groups in total. The highest BCUT2D eigenvalue weighted by Gasteiger charge is 2.31. The van der Waals surface area contributed by atoms with Crippen molar-refractivity contribution < 1.29 is 31.1 Å². The van der Waals surface area contributed by atoms with Crippen molar-refractivity contribution in [2.24, 2.45) is 0 Å². The minimum Gasteiger partial charge on any atom is -0.406 e. The molecule has 8 nitrogen and oxygen atoms in total. The highest BCUT2D eigenvalue weighted by molar-refractivity contribution is 7.89. The van der Waals surface area contributed by atoms with Crippen molar-refractivity contribution in [2.45, 2.75) is 24.1 Å². The Kier molecular flexibility index (Phi) is 6.81. The molecule has 0 bridgehead atoms. The summed E-state index contributed by atoms with van der Waals surface area (Å²) in [4.78, 5) is 19.2. The van der Waals surface area contributed by atoms with E-state index in [1.807, 2.05) is 24.3 Å². The molecule has 0 spiro atoms. The number of aromatic nitrogens is 2. The normalized spacial score (nSPS) is 12.1. The summed E-state index contributed by atoms with van der Waals surface area (Å²) in [6.07, 6.45) is -4.48. The second kappa shape index (κ2) is 9.35. The molecule has 0 unspecified atom stereocenters. The molecule has 0 aliphatic rings. The number of hydrogen-bond acceptors (Lipinski definition) is 5. The van der Waals surface area contributed by atoms with Gasteiger partial charge in [0, 0.05) is 25.9 Å². The van der Waals surface area contributed by atoms with E-state index in [1.165, 1.54) is 0 Å². The van der Waals surface area contributed by atoms with E-state index in [4.69, 9.17) is 0 Å². The van der Waals surface area contributed by atoms with Crippen LogP contribution in [0.15, 0.2) is 53.4 Å². The predicted molar refractivity (Wildman–Crippen MR) is 106 cm³/mol. The number of imidazole rings is 1. The lowest BCUT2D eigenvalue weighted by Gasteiger charge is -2.10. The van der Waals surface area contributed by atoms with Gasteiger partial charge in [-0.3, -0.25) is 4.79 Å². The number of benzene rings is 2. The molecular weight excluding hydrogens is 437 g/mol. The average molecular weight is 456 g/mol. The van der Waals surface area contributed by atoms with Gasteiger partial charge >= 0.3 is 6.36 Å². The van der Waals surface area contributed by atoms with E-state index in [9.17, 15) is 26.4 Å². The summed E-state index contributed by atoms with van der Waals surface area (Å²) >= 11 is 0. The molecule has 12 heteroatoms. The maximum Gasteiger partial charge on any atom is 0.573 e. The molecule has 3 rings (SSSR count). The molecule has 0 radical (unpaired) electrons. The number of carbonyl (C=O) groups excluding carboxylic acids is 1. The summed E-state index contributed by atoms with van der Waals surface area (Å²) in [5.41, 5.74) is 1.73. The first-order chi connectivity index (χ1) is 14.6. The molecule has 0 aliphatic heterocycles. The standard InChI is InChI=1S/C19H19F3N4O4S/c20-19(21,22)30-13-5-7-14(8-6-13)31(28,29)24-12-10-18(27)23-11-9-17-25-15-3-1-2-4-16(15)26-17/h1-8,24H,9-12H2,(H,23,27)(H,25,26). The Morgan fingerprint density at radius 3 is 2.45 bits per heavy atom. The summed E-state index contributed by atoms with van der Waals surface area (Å²) in [6, 6.07) is 11.3. The predicted octanol–water partition coefficient (Wildman–Crippen LogP) is 2.49. The molecule has 1 aromatic heterocycles. The number of H-pyrrole nitrogens is 1. The molecule has 166 valence electrons. The molecule has 1 heterocycles. The van der Waals surface area contributed by atoms with Crippen LogP contribution in [-0.2, 0) is 21.2 Å². The zero-order chi connectivity index (χ0) is 22.5. The summed E-state index contributed by atoms with van der Waals surface area (Å²) < 4.78 is 66.7. The molecule has 31 heavy (non-hydrogen) atoms. The Balaban J connectivity index is 1.41. The zero-order valence-electron chi connectivity index (χ0n) is 16.1. The molecule has 2 aromatic carbocycles.